The molecule has 2 heterocycles. The van der Waals surface area contributed by atoms with Crippen molar-refractivity contribution in [1.29, 1.82) is 0 Å². The average Bonchev–Trinajstić information content (AvgIpc) is 2.47. The number of para-hydroxylation sites is 1. The normalized spacial score (nSPS) is 20.0. The van der Waals surface area contributed by atoms with Crippen LogP contribution in [0.4, 0.5) is 5.69 Å². The topological polar surface area (TPSA) is 46.1 Å². The van der Waals surface area contributed by atoms with Crippen molar-refractivity contribution in [3.63, 3.8) is 0 Å². The van der Waals surface area contributed by atoms with E-state index in [-0.39, 0.29) is 17.4 Å². The maximum absolute atomic E-state index is 12.8. The van der Waals surface area contributed by atoms with Crippen LogP contribution in [0, 0.1) is 0 Å². The summed E-state index contributed by atoms with van der Waals surface area (Å²) < 4.78 is 0. The van der Waals surface area contributed by atoms with Gasteiger partial charge in [-0.05, 0) is 30.4 Å². The zero-order valence-corrected chi connectivity index (χ0v) is 12.6. The van der Waals surface area contributed by atoms with Gasteiger partial charge < -0.3 is 4.90 Å². The molecular formula is C17H19N3O. The Kier molecular flexibility index (Phi) is 3.24. The van der Waals surface area contributed by atoms with Crippen LogP contribution >= 0.6 is 0 Å². The molecule has 2 aromatic rings. The molecule has 1 amide bonds. The maximum Gasteiger partial charge on any atom is 0.278 e. The smallest absolute Gasteiger partial charge is 0.278 e. The van der Waals surface area contributed by atoms with Gasteiger partial charge in [0.25, 0.3) is 5.91 Å². The van der Waals surface area contributed by atoms with Crippen molar-refractivity contribution >= 4 is 11.6 Å². The van der Waals surface area contributed by atoms with Crippen LogP contribution in [-0.4, -0.2) is 21.9 Å². The molecule has 0 radical (unpaired) electrons. The highest BCUT2D eigenvalue weighted by atomic mass is 16.2. The van der Waals surface area contributed by atoms with Crippen molar-refractivity contribution in [3.8, 4) is 0 Å². The molecule has 1 aromatic heterocycles. The first kappa shape index (κ1) is 13.7. The molecule has 0 saturated heterocycles. The molecule has 108 valence electrons. The monoisotopic (exact) mass is 281 g/mol. The van der Waals surface area contributed by atoms with Crippen molar-refractivity contribution in [2.24, 2.45) is 0 Å². The van der Waals surface area contributed by atoms with Crippen LogP contribution in [-0.2, 0) is 5.41 Å². The van der Waals surface area contributed by atoms with Crippen LogP contribution < -0.4 is 4.90 Å². The summed E-state index contributed by atoms with van der Waals surface area (Å²) in [6.07, 6.45) is 5.58. The van der Waals surface area contributed by atoms with Crippen molar-refractivity contribution in [1.82, 2.24) is 9.97 Å². The third-order valence-electron chi connectivity index (χ3n) is 4.14. The Morgan fingerprint density at radius 2 is 2.05 bits per heavy atom. The van der Waals surface area contributed by atoms with Crippen LogP contribution in [0.15, 0.2) is 42.9 Å². The minimum absolute atomic E-state index is 0.0646. The molecule has 0 aliphatic carbocycles. The summed E-state index contributed by atoms with van der Waals surface area (Å²) in [6.45, 7) is 6.55. The van der Waals surface area contributed by atoms with Crippen molar-refractivity contribution in [3.05, 3.63) is 54.1 Å². The fourth-order valence-corrected chi connectivity index (χ4v) is 3.28. The molecule has 0 saturated carbocycles. The highest BCUT2D eigenvalue weighted by molar-refractivity contribution is 6.05. The lowest BCUT2D eigenvalue weighted by atomic mass is 9.75. The van der Waals surface area contributed by atoms with Crippen molar-refractivity contribution < 1.29 is 4.79 Å². The summed E-state index contributed by atoms with van der Waals surface area (Å²) in [5.74, 6) is -0.0847. The summed E-state index contributed by atoms with van der Waals surface area (Å²) in [7, 11) is 0. The zero-order valence-electron chi connectivity index (χ0n) is 12.6. The standard InChI is InChI=1S/C17H19N3O/c1-12-10-17(2,3)13-6-4-5-7-15(13)20(12)16(21)14-11-18-8-9-19-14/h4-9,11-12H,10H2,1-3H3/t12-/m0/s1. The summed E-state index contributed by atoms with van der Waals surface area (Å²) in [5.41, 5.74) is 2.64. The molecule has 1 aliphatic heterocycles. The number of anilines is 1. The molecule has 4 heteroatoms. The van der Waals surface area contributed by atoms with Gasteiger partial charge in [0.1, 0.15) is 5.69 Å². The number of carbonyl (C=O) groups excluding carboxylic acids is 1. The summed E-state index contributed by atoms with van der Waals surface area (Å²) >= 11 is 0. The SMILES string of the molecule is C[C@H]1CC(C)(C)c2ccccc2N1C(=O)c1cnccn1. The number of amides is 1. The van der Waals surface area contributed by atoms with Gasteiger partial charge in [0.2, 0.25) is 0 Å². The van der Waals surface area contributed by atoms with Crippen molar-refractivity contribution in [2.45, 2.75) is 38.6 Å². The van der Waals surface area contributed by atoms with E-state index in [4.69, 9.17) is 0 Å². The number of hydrogen-bond donors (Lipinski definition) is 0. The van der Waals surface area contributed by atoms with E-state index in [1.165, 1.54) is 11.8 Å². The second-order valence-corrected chi connectivity index (χ2v) is 6.22. The van der Waals surface area contributed by atoms with Crippen LogP contribution in [0.25, 0.3) is 0 Å². The Hall–Kier alpha value is -2.23. The Morgan fingerprint density at radius 3 is 2.76 bits per heavy atom. The molecule has 21 heavy (non-hydrogen) atoms. The van der Waals surface area contributed by atoms with Gasteiger partial charge in [-0.25, -0.2) is 4.98 Å². The van der Waals surface area contributed by atoms with Crippen molar-refractivity contribution in [2.75, 3.05) is 4.90 Å². The van der Waals surface area contributed by atoms with E-state index >= 15 is 0 Å². The lowest BCUT2D eigenvalue weighted by molar-refractivity contribution is 0.0965. The minimum atomic E-state index is -0.0847. The van der Waals surface area contributed by atoms with E-state index in [0.29, 0.717) is 5.69 Å². The van der Waals surface area contributed by atoms with Gasteiger partial charge in [0, 0.05) is 24.1 Å². The summed E-state index contributed by atoms with van der Waals surface area (Å²) in [4.78, 5) is 22.8. The number of rotatable bonds is 1. The summed E-state index contributed by atoms with van der Waals surface area (Å²) in [5, 5.41) is 0. The number of fused-ring (bicyclic) bond motifs is 1. The van der Waals surface area contributed by atoms with Crippen LogP contribution in [0.3, 0.4) is 0 Å². The molecule has 1 aromatic carbocycles. The van der Waals surface area contributed by atoms with Crippen LogP contribution in [0.1, 0.15) is 43.2 Å². The second-order valence-electron chi connectivity index (χ2n) is 6.22. The molecule has 0 N–H and O–H groups in total. The van der Waals surface area contributed by atoms with Gasteiger partial charge in [-0.3, -0.25) is 9.78 Å². The second kappa shape index (κ2) is 4.95. The summed E-state index contributed by atoms with van der Waals surface area (Å²) in [6, 6.07) is 8.26. The molecule has 0 bridgehead atoms. The maximum atomic E-state index is 12.8. The molecule has 0 fully saturated rings. The predicted octanol–water partition coefficient (Wildman–Crippen LogP) is 3.19. The number of carbonyl (C=O) groups is 1. The number of nitrogens with zero attached hydrogens (tertiary/aromatic N) is 3. The fraction of sp³-hybridized carbons (Fsp3) is 0.353. The molecular weight excluding hydrogens is 262 g/mol. The van der Waals surface area contributed by atoms with E-state index in [1.54, 1.807) is 12.4 Å². The molecule has 1 aliphatic rings. The highest BCUT2D eigenvalue weighted by Crippen LogP contribution is 2.42. The van der Waals surface area contributed by atoms with Crippen LogP contribution in [0.5, 0.6) is 0 Å². The molecule has 3 rings (SSSR count). The molecule has 1 atom stereocenters. The van der Waals surface area contributed by atoms with Crippen LogP contribution in [0.2, 0.25) is 0 Å². The van der Waals surface area contributed by atoms with Gasteiger partial charge in [0.15, 0.2) is 0 Å². The van der Waals surface area contributed by atoms with Gasteiger partial charge in [-0.2, -0.15) is 0 Å². The average molecular weight is 281 g/mol. The minimum Gasteiger partial charge on any atom is -0.304 e. The Labute approximate surface area is 124 Å². The Balaban J connectivity index is 2.09. The van der Waals surface area contributed by atoms with E-state index in [1.807, 2.05) is 23.1 Å². The van der Waals surface area contributed by atoms with E-state index in [9.17, 15) is 4.79 Å². The molecule has 0 spiro atoms. The Bertz CT molecular complexity index is 667. The third-order valence-corrected chi connectivity index (χ3v) is 4.14. The Morgan fingerprint density at radius 1 is 1.29 bits per heavy atom. The fourth-order valence-electron chi connectivity index (χ4n) is 3.28. The lowest BCUT2D eigenvalue weighted by Crippen LogP contribution is -2.47. The highest BCUT2D eigenvalue weighted by Gasteiger charge is 2.38. The first-order valence-corrected chi connectivity index (χ1v) is 7.20. The van der Waals surface area contributed by atoms with E-state index in [0.717, 1.165) is 12.1 Å². The van der Waals surface area contributed by atoms with Gasteiger partial charge in [-0.15, -0.1) is 0 Å². The molecule has 4 nitrogen and oxygen atoms in total. The number of hydrogen-bond acceptors (Lipinski definition) is 3. The quantitative estimate of drug-likeness (QED) is 0.806. The first-order chi connectivity index (χ1) is 10.0. The largest absolute Gasteiger partial charge is 0.304 e. The van der Waals surface area contributed by atoms with Gasteiger partial charge in [0.05, 0.1) is 6.20 Å². The van der Waals surface area contributed by atoms with Gasteiger partial charge in [-0.1, -0.05) is 32.0 Å². The predicted molar refractivity (Wildman–Crippen MR) is 82.4 cm³/mol. The van der Waals surface area contributed by atoms with Gasteiger partial charge >= 0.3 is 0 Å². The van der Waals surface area contributed by atoms with E-state index in [2.05, 4.69) is 36.8 Å². The zero-order chi connectivity index (χ0) is 15.0. The number of benzene rings is 1. The van der Waals surface area contributed by atoms with E-state index < -0.39 is 0 Å². The third kappa shape index (κ3) is 2.31. The molecule has 0 unspecified atom stereocenters. The first-order valence-electron chi connectivity index (χ1n) is 7.20. The lowest BCUT2D eigenvalue weighted by Gasteiger charge is -2.43. The number of aromatic nitrogens is 2.